The summed E-state index contributed by atoms with van der Waals surface area (Å²) in [7, 11) is 0. The van der Waals surface area contributed by atoms with Crippen molar-refractivity contribution in [2.75, 3.05) is 0 Å². The van der Waals surface area contributed by atoms with Crippen LogP contribution in [0.4, 0.5) is 13.2 Å². The van der Waals surface area contributed by atoms with Crippen LogP contribution in [-0.4, -0.2) is 10.1 Å². The summed E-state index contributed by atoms with van der Waals surface area (Å²) in [5, 5.41) is 8.85. The first-order valence-electron chi connectivity index (χ1n) is 2.85. The van der Waals surface area contributed by atoms with Gasteiger partial charge in [0.15, 0.2) is 5.69 Å². The molecule has 0 unspecified atom stereocenters. The Morgan fingerprint density at radius 3 is 2.58 bits per heavy atom. The standard InChI is InChI=1S/C6H3BrF3NO/c7-2-1-3(12)4(5(8)9)11-6(2)10/h1,5,12H. The highest BCUT2D eigenvalue weighted by molar-refractivity contribution is 9.10. The number of halogens is 4. The monoisotopic (exact) mass is 241 g/mol. The molecule has 0 fully saturated rings. The van der Waals surface area contributed by atoms with Crippen LogP contribution in [0.5, 0.6) is 5.75 Å². The minimum Gasteiger partial charge on any atom is -0.506 e. The third-order valence-corrected chi connectivity index (χ3v) is 1.70. The van der Waals surface area contributed by atoms with E-state index >= 15 is 0 Å². The first-order chi connectivity index (χ1) is 5.52. The predicted octanol–water partition coefficient (Wildman–Crippen LogP) is 2.63. The lowest BCUT2D eigenvalue weighted by atomic mass is 10.3. The molecule has 0 bridgehead atoms. The highest BCUT2D eigenvalue weighted by atomic mass is 79.9. The van der Waals surface area contributed by atoms with Crippen LogP contribution in [0.2, 0.25) is 0 Å². The zero-order chi connectivity index (χ0) is 9.30. The molecule has 0 atom stereocenters. The Morgan fingerprint density at radius 1 is 1.50 bits per heavy atom. The maximum atomic E-state index is 12.5. The Balaban J connectivity index is 3.23. The van der Waals surface area contributed by atoms with Gasteiger partial charge < -0.3 is 5.11 Å². The van der Waals surface area contributed by atoms with Gasteiger partial charge in [0, 0.05) is 6.07 Å². The third-order valence-electron chi connectivity index (χ3n) is 1.15. The topological polar surface area (TPSA) is 33.1 Å². The highest BCUT2D eigenvalue weighted by Crippen LogP contribution is 2.29. The van der Waals surface area contributed by atoms with Crippen molar-refractivity contribution < 1.29 is 18.3 Å². The number of hydrogen-bond acceptors (Lipinski definition) is 2. The second kappa shape index (κ2) is 3.30. The Hall–Kier alpha value is -0.780. The number of hydrogen-bond donors (Lipinski definition) is 1. The maximum Gasteiger partial charge on any atom is 0.284 e. The molecule has 0 amide bonds. The second-order valence-electron chi connectivity index (χ2n) is 1.97. The van der Waals surface area contributed by atoms with E-state index in [1.807, 2.05) is 0 Å². The maximum absolute atomic E-state index is 12.5. The van der Waals surface area contributed by atoms with E-state index < -0.39 is 23.8 Å². The van der Waals surface area contributed by atoms with Crippen molar-refractivity contribution in [1.82, 2.24) is 4.98 Å². The van der Waals surface area contributed by atoms with Crippen molar-refractivity contribution in [1.29, 1.82) is 0 Å². The SMILES string of the molecule is Oc1cc(Br)c(F)nc1C(F)F. The largest absolute Gasteiger partial charge is 0.506 e. The van der Waals surface area contributed by atoms with Gasteiger partial charge in [0.05, 0.1) is 4.47 Å². The van der Waals surface area contributed by atoms with Crippen LogP contribution in [0.25, 0.3) is 0 Å². The van der Waals surface area contributed by atoms with Crippen molar-refractivity contribution in [3.8, 4) is 5.75 Å². The molecular weight excluding hydrogens is 239 g/mol. The van der Waals surface area contributed by atoms with E-state index in [4.69, 9.17) is 5.11 Å². The molecule has 0 saturated heterocycles. The lowest BCUT2D eigenvalue weighted by Crippen LogP contribution is -1.94. The summed E-state index contributed by atoms with van der Waals surface area (Å²) in [6.45, 7) is 0. The lowest BCUT2D eigenvalue weighted by molar-refractivity contribution is 0.140. The molecule has 0 radical (unpaired) electrons. The molecule has 6 heteroatoms. The summed E-state index contributed by atoms with van der Waals surface area (Å²) in [6.07, 6.45) is -2.98. The fourth-order valence-corrected chi connectivity index (χ4v) is 0.936. The molecule has 1 N–H and O–H groups in total. The van der Waals surface area contributed by atoms with Crippen molar-refractivity contribution in [2.24, 2.45) is 0 Å². The fourth-order valence-electron chi connectivity index (χ4n) is 0.631. The summed E-state index contributed by atoms with van der Waals surface area (Å²) in [4.78, 5) is 2.86. The quantitative estimate of drug-likeness (QED) is 0.768. The van der Waals surface area contributed by atoms with Crippen LogP contribution >= 0.6 is 15.9 Å². The first-order valence-corrected chi connectivity index (χ1v) is 3.64. The van der Waals surface area contributed by atoms with E-state index in [1.165, 1.54) is 0 Å². The van der Waals surface area contributed by atoms with Gasteiger partial charge in [-0.1, -0.05) is 0 Å². The van der Waals surface area contributed by atoms with Gasteiger partial charge in [-0.15, -0.1) is 0 Å². The zero-order valence-corrected chi connectivity index (χ0v) is 7.15. The molecule has 0 aliphatic rings. The van der Waals surface area contributed by atoms with E-state index in [0.29, 0.717) is 0 Å². The lowest BCUT2D eigenvalue weighted by Gasteiger charge is -2.02. The zero-order valence-electron chi connectivity index (χ0n) is 5.56. The van der Waals surface area contributed by atoms with Crippen LogP contribution in [-0.2, 0) is 0 Å². The van der Waals surface area contributed by atoms with Gasteiger partial charge in [0.1, 0.15) is 5.75 Å². The molecule has 1 aromatic rings. The number of rotatable bonds is 1. The summed E-state index contributed by atoms with van der Waals surface area (Å²) >= 11 is 2.69. The Bertz CT molecular complexity index is 305. The van der Waals surface area contributed by atoms with E-state index in [-0.39, 0.29) is 4.47 Å². The average molecular weight is 242 g/mol. The summed E-state index contributed by atoms with van der Waals surface area (Å²) < 4.78 is 36.2. The summed E-state index contributed by atoms with van der Waals surface area (Å²) in [5.74, 6) is -1.79. The minimum atomic E-state index is -2.98. The number of nitrogens with zero attached hydrogens (tertiary/aromatic N) is 1. The third kappa shape index (κ3) is 1.69. The Morgan fingerprint density at radius 2 is 2.08 bits per heavy atom. The molecule has 66 valence electrons. The van der Waals surface area contributed by atoms with Crippen LogP contribution in [0.15, 0.2) is 10.5 Å². The van der Waals surface area contributed by atoms with Gasteiger partial charge in [-0.3, -0.25) is 0 Å². The van der Waals surface area contributed by atoms with Crippen LogP contribution in [0, 0.1) is 5.95 Å². The van der Waals surface area contributed by atoms with E-state index in [9.17, 15) is 13.2 Å². The van der Waals surface area contributed by atoms with Crippen LogP contribution in [0.3, 0.4) is 0 Å². The molecule has 1 rings (SSSR count). The molecule has 2 nitrogen and oxygen atoms in total. The summed E-state index contributed by atoms with van der Waals surface area (Å²) in [5.41, 5.74) is -0.948. The molecule has 1 aromatic heterocycles. The normalized spacial score (nSPS) is 10.8. The van der Waals surface area contributed by atoms with Crippen LogP contribution < -0.4 is 0 Å². The summed E-state index contributed by atoms with van der Waals surface area (Å²) in [6, 6.07) is 0.837. The predicted molar refractivity (Wildman–Crippen MR) is 38.5 cm³/mol. The molecule has 0 spiro atoms. The van der Waals surface area contributed by atoms with E-state index in [0.717, 1.165) is 6.07 Å². The Labute approximate surface area is 74.2 Å². The number of pyridine rings is 1. The fraction of sp³-hybridized carbons (Fsp3) is 0.167. The molecule has 0 aliphatic carbocycles. The van der Waals surface area contributed by atoms with Gasteiger partial charge >= 0.3 is 0 Å². The van der Waals surface area contributed by atoms with E-state index in [2.05, 4.69) is 20.9 Å². The van der Waals surface area contributed by atoms with Crippen molar-refractivity contribution >= 4 is 15.9 Å². The van der Waals surface area contributed by atoms with Crippen molar-refractivity contribution in [2.45, 2.75) is 6.43 Å². The van der Waals surface area contributed by atoms with Gasteiger partial charge in [0.25, 0.3) is 6.43 Å². The molecule has 0 aromatic carbocycles. The van der Waals surface area contributed by atoms with Gasteiger partial charge in [-0.05, 0) is 15.9 Å². The first kappa shape index (κ1) is 9.31. The molecule has 12 heavy (non-hydrogen) atoms. The van der Waals surface area contributed by atoms with Crippen LogP contribution in [0.1, 0.15) is 12.1 Å². The van der Waals surface area contributed by atoms with Crippen molar-refractivity contribution in [3.63, 3.8) is 0 Å². The molecule has 0 saturated carbocycles. The molecule has 1 heterocycles. The number of aromatic hydroxyl groups is 1. The van der Waals surface area contributed by atoms with Gasteiger partial charge in [-0.25, -0.2) is 13.8 Å². The smallest absolute Gasteiger partial charge is 0.284 e. The minimum absolute atomic E-state index is 0.149. The number of alkyl halides is 2. The number of aromatic nitrogens is 1. The van der Waals surface area contributed by atoms with Gasteiger partial charge in [0.2, 0.25) is 5.95 Å². The van der Waals surface area contributed by atoms with Gasteiger partial charge in [-0.2, -0.15) is 4.39 Å². The van der Waals surface area contributed by atoms with Crippen molar-refractivity contribution in [3.05, 3.63) is 22.2 Å². The molecular formula is C6H3BrF3NO. The Kier molecular flexibility index (Phi) is 2.56. The van der Waals surface area contributed by atoms with E-state index in [1.54, 1.807) is 0 Å². The second-order valence-corrected chi connectivity index (χ2v) is 2.82. The average Bonchev–Trinajstić information content (AvgIpc) is 1.96. The highest BCUT2D eigenvalue weighted by Gasteiger charge is 2.17. The molecule has 0 aliphatic heterocycles.